The first-order valence-electron chi connectivity index (χ1n) is 9.95. The van der Waals surface area contributed by atoms with Crippen LogP contribution in [0.5, 0.6) is 0 Å². The molecule has 9 heteroatoms. The number of aromatic nitrogens is 1. The van der Waals surface area contributed by atoms with E-state index in [1.165, 1.54) is 29.1 Å². The van der Waals surface area contributed by atoms with Crippen LogP contribution < -0.4 is 14.9 Å². The van der Waals surface area contributed by atoms with Gasteiger partial charge < -0.3 is 8.83 Å². The SMILES string of the molecule is CC(=O)C1=C(C)N=c2s/c(=C/c3ccco3)c(=O)n2[C@@H]1c1ccc(-c2ccc(Cl)c(Cl)c2)o1. The van der Waals surface area contributed by atoms with Crippen molar-refractivity contribution in [3.05, 3.63) is 101 Å². The van der Waals surface area contributed by atoms with E-state index in [0.29, 0.717) is 47.9 Å². The van der Waals surface area contributed by atoms with Gasteiger partial charge >= 0.3 is 0 Å². The number of hydrogen-bond acceptors (Lipinski definition) is 6. The fourth-order valence-corrected chi connectivity index (χ4v) is 5.17. The maximum atomic E-state index is 13.4. The van der Waals surface area contributed by atoms with E-state index in [9.17, 15) is 9.59 Å². The molecule has 1 aromatic carbocycles. The number of ketones is 1. The molecule has 0 saturated heterocycles. The number of rotatable bonds is 4. The van der Waals surface area contributed by atoms with Gasteiger partial charge in [-0.1, -0.05) is 34.5 Å². The Morgan fingerprint density at radius 1 is 1.18 bits per heavy atom. The summed E-state index contributed by atoms with van der Waals surface area (Å²) in [5, 5.41) is 0.839. The molecule has 1 atom stereocenters. The summed E-state index contributed by atoms with van der Waals surface area (Å²) in [6.07, 6.45) is 3.20. The predicted molar refractivity (Wildman–Crippen MR) is 127 cm³/mol. The average Bonchev–Trinajstić information content (AvgIpc) is 3.51. The van der Waals surface area contributed by atoms with E-state index >= 15 is 0 Å². The van der Waals surface area contributed by atoms with Crippen LogP contribution in [0.1, 0.15) is 31.4 Å². The zero-order chi connectivity index (χ0) is 23.3. The maximum absolute atomic E-state index is 13.4. The standard InChI is InChI=1S/C24H16Cl2N2O4S/c1-12-21(13(2)29)22(19-8-7-18(32-19)14-5-6-16(25)17(26)10-14)28-23(30)20(33-24(28)27-12)11-15-4-3-9-31-15/h3-11,22H,1-2H3/b20-11+/t22-/m1/s1. The minimum Gasteiger partial charge on any atom is -0.465 e. The Morgan fingerprint density at radius 2 is 2.00 bits per heavy atom. The molecule has 4 heterocycles. The van der Waals surface area contributed by atoms with Gasteiger partial charge in [0.2, 0.25) is 0 Å². The molecule has 0 amide bonds. The number of allylic oxidation sites excluding steroid dienone is 2. The Hall–Kier alpha value is -3.13. The van der Waals surface area contributed by atoms with Crippen LogP contribution in [0, 0.1) is 0 Å². The fraction of sp³-hybridized carbons (Fsp3) is 0.125. The van der Waals surface area contributed by atoms with Gasteiger partial charge in [-0.3, -0.25) is 14.2 Å². The molecule has 3 aromatic heterocycles. The predicted octanol–water partition coefficient (Wildman–Crippen LogP) is 4.98. The Balaban J connectivity index is 1.69. The lowest BCUT2D eigenvalue weighted by molar-refractivity contribution is -0.114. The van der Waals surface area contributed by atoms with Crippen LogP contribution in [0.2, 0.25) is 10.0 Å². The highest BCUT2D eigenvalue weighted by Crippen LogP contribution is 2.35. The quantitative estimate of drug-likeness (QED) is 0.397. The van der Waals surface area contributed by atoms with Crippen LogP contribution in [-0.2, 0) is 4.79 Å². The molecule has 0 spiro atoms. The van der Waals surface area contributed by atoms with Crippen molar-refractivity contribution in [1.82, 2.24) is 4.57 Å². The lowest BCUT2D eigenvalue weighted by atomic mass is 9.98. The van der Waals surface area contributed by atoms with Crippen LogP contribution in [0.3, 0.4) is 0 Å². The summed E-state index contributed by atoms with van der Waals surface area (Å²) < 4.78 is 13.4. The smallest absolute Gasteiger partial charge is 0.271 e. The van der Waals surface area contributed by atoms with Gasteiger partial charge in [0.15, 0.2) is 10.6 Å². The highest BCUT2D eigenvalue weighted by atomic mass is 35.5. The van der Waals surface area contributed by atoms with Crippen molar-refractivity contribution < 1.29 is 13.6 Å². The second-order valence-corrected chi connectivity index (χ2v) is 9.31. The van der Waals surface area contributed by atoms with Gasteiger partial charge in [-0.15, -0.1) is 0 Å². The second-order valence-electron chi connectivity index (χ2n) is 7.48. The summed E-state index contributed by atoms with van der Waals surface area (Å²) in [5.41, 5.74) is 1.40. The summed E-state index contributed by atoms with van der Waals surface area (Å²) in [5.74, 6) is 1.35. The van der Waals surface area contributed by atoms with E-state index < -0.39 is 6.04 Å². The van der Waals surface area contributed by atoms with Gasteiger partial charge in [-0.25, -0.2) is 4.99 Å². The molecule has 33 heavy (non-hydrogen) atoms. The molecule has 1 aliphatic rings. The van der Waals surface area contributed by atoms with Gasteiger partial charge in [0.05, 0.1) is 20.8 Å². The zero-order valence-corrected chi connectivity index (χ0v) is 19.8. The Morgan fingerprint density at radius 3 is 2.70 bits per heavy atom. The topological polar surface area (TPSA) is 77.7 Å². The second kappa shape index (κ2) is 8.33. The molecular formula is C24H16Cl2N2O4S. The number of carbonyl (C=O) groups is 1. The maximum Gasteiger partial charge on any atom is 0.271 e. The number of Topliss-reactive ketones (excluding diaryl/α,β-unsaturated/α-hetero) is 1. The normalized spacial score (nSPS) is 16.1. The van der Waals surface area contributed by atoms with Crippen molar-refractivity contribution in [2.24, 2.45) is 4.99 Å². The van der Waals surface area contributed by atoms with Gasteiger partial charge in [0, 0.05) is 22.9 Å². The van der Waals surface area contributed by atoms with Crippen LogP contribution in [-0.4, -0.2) is 10.4 Å². The first-order chi connectivity index (χ1) is 15.8. The summed E-state index contributed by atoms with van der Waals surface area (Å²) >= 11 is 13.4. The molecule has 0 bridgehead atoms. The molecule has 1 aliphatic heterocycles. The van der Waals surface area contributed by atoms with Crippen molar-refractivity contribution >= 4 is 46.4 Å². The summed E-state index contributed by atoms with van der Waals surface area (Å²) in [6, 6.07) is 11.5. The molecular weight excluding hydrogens is 483 g/mol. The van der Waals surface area contributed by atoms with Crippen LogP contribution >= 0.6 is 34.5 Å². The number of halogens is 2. The van der Waals surface area contributed by atoms with Gasteiger partial charge in [0.25, 0.3) is 5.56 Å². The molecule has 0 fully saturated rings. The van der Waals surface area contributed by atoms with E-state index in [1.54, 1.807) is 55.5 Å². The number of benzene rings is 1. The van der Waals surface area contributed by atoms with Gasteiger partial charge in [-0.2, -0.15) is 0 Å². The molecule has 0 aliphatic carbocycles. The van der Waals surface area contributed by atoms with E-state index in [2.05, 4.69) is 4.99 Å². The highest BCUT2D eigenvalue weighted by molar-refractivity contribution is 7.07. The molecule has 5 rings (SSSR count). The monoisotopic (exact) mass is 498 g/mol. The molecule has 166 valence electrons. The zero-order valence-electron chi connectivity index (χ0n) is 17.5. The Kier molecular flexibility index (Phi) is 5.48. The van der Waals surface area contributed by atoms with Crippen LogP contribution in [0.25, 0.3) is 17.4 Å². The number of furan rings is 2. The lowest BCUT2D eigenvalue weighted by Gasteiger charge is -2.22. The van der Waals surface area contributed by atoms with Crippen molar-refractivity contribution in [2.45, 2.75) is 19.9 Å². The molecule has 0 N–H and O–H groups in total. The van der Waals surface area contributed by atoms with Crippen LogP contribution in [0.15, 0.2) is 78.6 Å². The van der Waals surface area contributed by atoms with E-state index in [1.807, 2.05) is 0 Å². The largest absolute Gasteiger partial charge is 0.465 e. The molecule has 4 aromatic rings. The minimum atomic E-state index is -0.742. The molecule has 0 saturated carbocycles. The number of carbonyl (C=O) groups excluding carboxylic acids is 1. The summed E-state index contributed by atoms with van der Waals surface area (Å²) in [4.78, 5) is 31.0. The minimum absolute atomic E-state index is 0.186. The van der Waals surface area contributed by atoms with Crippen molar-refractivity contribution in [3.8, 4) is 11.3 Å². The summed E-state index contributed by atoms with van der Waals surface area (Å²) in [7, 11) is 0. The van der Waals surface area contributed by atoms with Crippen molar-refractivity contribution in [1.29, 1.82) is 0 Å². The number of nitrogens with zero attached hydrogens (tertiary/aromatic N) is 2. The summed E-state index contributed by atoms with van der Waals surface area (Å²) in [6.45, 7) is 3.22. The molecule has 0 radical (unpaired) electrons. The number of thiazole rings is 1. The van der Waals surface area contributed by atoms with Crippen LogP contribution in [0.4, 0.5) is 0 Å². The number of fused-ring (bicyclic) bond motifs is 1. The molecule has 6 nitrogen and oxygen atoms in total. The third kappa shape index (κ3) is 3.82. The van der Waals surface area contributed by atoms with Gasteiger partial charge in [-0.05, 0) is 56.3 Å². The first-order valence-corrected chi connectivity index (χ1v) is 11.5. The van der Waals surface area contributed by atoms with Crippen molar-refractivity contribution in [3.63, 3.8) is 0 Å². The number of hydrogen-bond donors (Lipinski definition) is 0. The fourth-order valence-electron chi connectivity index (χ4n) is 3.85. The third-order valence-electron chi connectivity index (χ3n) is 5.32. The molecule has 0 unspecified atom stereocenters. The van der Waals surface area contributed by atoms with Crippen molar-refractivity contribution in [2.75, 3.05) is 0 Å². The van der Waals surface area contributed by atoms with Gasteiger partial charge in [0.1, 0.15) is 23.3 Å². The Labute approximate surface area is 201 Å². The van der Waals surface area contributed by atoms with E-state index in [4.69, 9.17) is 32.0 Å². The van der Waals surface area contributed by atoms with E-state index in [0.717, 1.165) is 5.56 Å². The Bertz CT molecular complexity index is 1610. The van der Waals surface area contributed by atoms with E-state index in [-0.39, 0.29) is 11.3 Å². The lowest BCUT2D eigenvalue weighted by Crippen LogP contribution is -2.39. The first kappa shape index (κ1) is 21.7. The average molecular weight is 499 g/mol. The third-order valence-corrected chi connectivity index (χ3v) is 7.04. The highest BCUT2D eigenvalue weighted by Gasteiger charge is 2.33.